The summed E-state index contributed by atoms with van der Waals surface area (Å²) in [6, 6.07) is 0. The zero-order valence-electron chi connectivity index (χ0n) is 25.1. The number of ether oxygens (including phenoxy) is 4. The summed E-state index contributed by atoms with van der Waals surface area (Å²) in [5.74, 6) is -3.29. The van der Waals surface area contributed by atoms with Crippen molar-refractivity contribution < 1.29 is 57.9 Å². The summed E-state index contributed by atoms with van der Waals surface area (Å²) in [6.07, 6.45) is 15.3. The predicted octanol–water partition coefficient (Wildman–Crippen LogP) is 4.73. The van der Waals surface area contributed by atoms with Crippen molar-refractivity contribution in [2.45, 2.75) is 79.1 Å². The minimum absolute atomic E-state index is 0.0617. The smallest absolute Gasteiger partial charge is 0.306 e. The van der Waals surface area contributed by atoms with Crippen molar-refractivity contribution in [3.8, 4) is 0 Å². The van der Waals surface area contributed by atoms with E-state index in [1.165, 1.54) is 0 Å². The van der Waals surface area contributed by atoms with Gasteiger partial charge in [-0.3, -0.25) is 28.8 Å². The summed E-state index contributed by atoms with van der Waals surface area (Å²) in [5, 5.41) is 16.3. The van der Waals surface area contributed by atoms with Gasteiger partial charge in [-0.25, -0.2) is 0 Å². The fourth-order valence-corrected chi connectivity index (χ4v) is 2.20. The van der Waals surface area contributed by atoms with Crippen LogP contribution in [0.15, 0.2) is 48.6 Å². The van der Waals surface area contributed by atoms with Crippen LogP contribution in [0.2, 0.25) is 0 Å². The van der Waals surface area contributed by atoms with Crippen molar-refractivity contribution in [2.24, 2.45) is 0 Å². The topological polar surface area (TPSA) is 180 Å². The molecule has 0 aliphatic carbocycles. The standard InChI is InChI=1S/2C12H18O4.C6H10O4/c2*1-3-5-9-15-11(13)7-8-12(14)16-10-6-4-2;7-5(8)3-1-2-4-6(9)10/h2*3-6H,7-10H2,1-2H3;1-4H2,(H,7,8)(H,9,10). The molecule has 238 valence electrons. The second-order valence-corrected chi connectivity index (χ2v) is 8.00. The summed E-state index contributed by atoms with van der Waals surface area (Å²) in [6.45, 7) is 8.37. The first kappa shape index (κ1) is 42.2. The Morgan fingerprint density at radius 2 is 0.643 bits per heavy atom. The number of hydrogen-bond donors (Lipinski definition) is 2. The summed E-state index contributed by atoms with van der Waals surface area (Å²) in [7, 11) is 0. The fourth-order valence-electron chi connectivity index (χ4n) is 2.20. The third-order valence-corrected chi connectivity index (χ3v) is 4.40. The Hall–Kier alpha value is -4.22. The van der Waals surface area contributed by atoms with Crippen LogP contribution in [0.5, 0.6) is 0 Å². The molecule has 0 aromatic heterocycles. The number of unbranched alkanes of at least 4 members (excludes halogenated alkanes) is 1. The first-order valence-electron chi connectivity index (χ1n) is 13.5. The van der Waals surface area contributed by atoms with Crippen molar-refractivity contribution in [2.75, 3.05) is 26.4 Å². The number of carbonyl (C=O) groups excluding carboxylic acids is 4. The zero-order chi connectivity index (χ0) is 32.4. The maximum Gasteiger partial charge on any atom is 0.306 e. The Morgan fingerprint density at radius 1 is 0.429 bits per heavy atom. The molecule has 0 saturated heterocycles. The van der Waals surface area contributed by atoms with E-state index in [2.05, 4.69) is 0 Å². The Labute approximate surface area is 248 Å². The van der Waals surface area contributed by atoms with E-state index in [9.17, 15) is 28.8 Å². The van der Waals surface area contributed by atoms with Gasteiger partial charge in [0.2, 0.25) is 0 Å². The van der Waals surface area contributed by atoms with Gasteiger partial charge in [0, 0.05) is 12.8 Å². The maximum absolute atomic E-state index is 11.1. The molecular formula is C30H46O12. The molecule has 0 fully saturated rings. The van der Waals surface area contributed by atoms with Crippen LogP contribution in [0.1, 0.15) is 79.1 Å². The van der Waals surface area contributed by atoms with Gasteiger partial charge in [0.05, 0.1) is 25.7 Å². The van der Waals surface area contributed by atoms with Gasteiger partial charge in [-0.15, -0.1) is 0 Å². The molecule has 0 spiro atoms. The van der Waals surface area contributed by atoms with E-state index in [0.717, 1.165) is 0 Å². The van der Waals surface area contributed by atoms with Crippen molar-refractivity contribution in [3.63, 3.8) is 0 Å². The lowest BCUT2D eigenvalue weighted by molar-refractivity contribution is -0.149. The summed E-state index contributed by atoms with van der Waals surface area (Å²) < 4.78 is 19.2. The van der Waals surface area contributed by atoms with Crippen LogP contribution in [0.3, 0.4) is 0 Å². The van der Waals surface area contributed by atoms with Gasteiger partial charge >= 0.3 is 35.8 Å². The summed E-state index contributed by atoms with van der Waals surface area (Å²) in [4.78, 5) is 64.1. The molecule has 0 heterocycles. The molecule has 0 radical (unpaired) electrons. The van der Waals surface area contributed by atoms with Crippen LogP contribution in [-0.4, -0.2) is 72.5 Å². The van der Waals surface area contributed by atoms with E-state index >= 15 is 0 Å². The number of carboxylic acid groups (broad SMARTS) is 2. The van der Waals surface area contributed by atoms with Gasteiger partial charge < -0.3 is 29.2 Å². The molecule has 12 heteroatoms. The molecule has 0 saturated carbocycles. The molecule has 0 amide bonds. The number of allylic oxidation sites excluding steroid dienone is 4. The SMILES string of the molecule is CC=CCOC(=O)CCC(=O)OCC=CC.CC=CCOC(=O)CCC(=O)OCC=CC.O=C(O)CCCCC(=O)O. The van der Waals surface area contributed by atoms with E-state index in [1.807, 2.05) is 27.7 Å². The van der Waals surface area contributed by atoms with Crippen LogP contribution in [0.25, 0.3) is 0 Å². The van der Waals surface area contributed by atoms with Gasteiger partial charge in [0.25, 0.3) is 0 Å². The third-order valence-electron chi connectivity index (χ3n) is 4.40. The van der Waals surface area contributed by atoms with Gasteiger partial charge in [0.15, 0.2) is 0 Å². The summed E-state index contributed by atoms with van der Waals surface area (Å²) >= 11 is 0. The monoisotopic (exact) mass is 598 g/mol. The molecule has 42 heavy (non-hydrogen) atoms. The Kier molecular flexibility index (Phi) is 33.2. The van der Waals surface area contributed by atoms with Crippen LogP contribution in [0, 0.1) is 0 Å². The van der Waals surface area contributed by atoms with Crippen LogP contribution < -0.4 is 0 Å². The predicted molar refractivity (Wildman–Crippen MR) is 155 cm³/mol. The van der Waals surface area contributed by atoms with Crippen molar-refractivity contribution in [1.29, 1.82) is 0 Å². The average molecular weight is 599 g/mol. The van der Waals surface area contributed by atoms with Gasteiger partial charge in [-0.05, 0) is 40.5 Å². The maximum atomic E-state index is 11.1. The second kappa shape index (κ2) is 33.0. The molecule has 0 aliphatic rings. The number of rotatable bonds is 19. The van der Waals surface area contributed by atoms with Gasteiger partial charge in [-0.1, -0.05) is 48.6 Å². The first-order chi connectivity index (χ1) is 20.0. The van der Waals surface area contributed by atoms with Crippen molar-refractivity contribution in [1.82, 2.24) is 0 Å². The highest BCUT2D eigenvalue weighted by atomic mass is 16.5. The number of esters is 4. The normalized spacial score (nSPS) is 10.5. The minimum Gasteiger partial charge on any atom is -0.481 e. The number of aliphatic carboxylic acids is 2. The Bertz CT molecular complexity index is 757. The molecule has 0 aromatic carbocycles. The molecule has 0 atom stereocenters. The highest BCUT2D eigenvalue weighted by Crippen LogP contribution is 1.99. The van der Waals surface area contributed by atoms with E-state index in [-0.39, 0.29) is 88.8 Å². The van der Waals surface area contributed by atoms with E-state index in [0.29, 0.717) is 12.8 Å². The molecule has 2 N–H and O–H groups in total. The average Bonchev–Trinajstić information content (AvgIpc) is 2.94. The summed E-state index contributed by atoms with van der Waals surface area (Å²) in [5.41, 5.74) is 0. The van der Waals surface area contributed by atoms with Crippen molar-refractivity contribution in [3.05, 3.63) is 48.6 Å². The lowest BCUT2D eigenvalue weighted by Gasteiger charge is -2.02. The highest BCUT2D eigenvalue weighted by molar-refractivity contribution is 5.78. The number of carbonyl (C=O) groups is 6. The largest absolute Gasteiger partial charge is 0.481 e. The molecule has 0 aliphatic heterocycles. The van der Waals surface area contributed by atoms with E-state index in [1.54, 1.807) is 48.6 Å². The van der Waals surface area contributed by atoms with E-state index in [4.69, 9.17) is 29.2 Å². The lowest BCUT2D eigenvalue weighted by atomic mass is 10.2. The molecule has 0 rings (SSSR count). The number of hydrogen-bond acceptors (Lipinski definition) is 10. The van der Waals surface area contributed by atoms with Crippen LogP contribution >= 0.6 is 0 Å². The zero-order valence-corrected chi connectivity index (χ0v) is 25.1. The van der Waals surface area contributed by atoms with Gasteiger partial charge in [-0.2, -0.15) is 0 Å². The van der Waals surface area contributed by atoms with Crippen LogP contribution in [-0.2, 0) is 47.7 Å². The Morgan fingerprint density at radius 3 is 0.810 bits per heavy atom. The van der Waals surface area contributed by atoms with E-state index < -0.39 is 11.9 Å². The van der Waals surface area contributed by atoms with Crippen LogP contribution in [0.4, 0.5) is 0 Å². The first-order valence-corrected chi connectivity index (χ1v) is 13.5. The highest BCUT2D eigenvalue weighted by Gasteiger charge is 2.08. The molecule has 0 unspecified atom stereocenters. The second-order valence-electron chi connectivity index (χ2n) is 8.00. The molecule has 0 bridgehead atoms. The molecule has 12 nitrogen and oxygen atoms in total. The quantitative estimate of drug-likeness (QED) is 0.0905. The minimum atomic E-state index is -0.870. The Balaban J connectivity index is -0.000000560. The molecular weight excluding hydrogens is 552 g/mol. The number of carboxylic acids is 2. The van der Waals surface area contributed by atoms with Gasteiger partial charge in [0.1, 0.15) is 26.4 Å². The van der Waals surface area contributed by atoms with Crippen molar-refractivity contribution >= 4 is 35.8 Å². The molecule has 0 aromatic rings. The lowest BCUT2D eigenvalue weighted by Crippen LogP contribution is -2.10. The fraction of sp³-hybridized carbons (Fsp3) is 0.533. The third kappa shape index (κ3) is 40.3.